The summed E-state index contributed by atoms with van der Waals surface area (Å²) in [6, 6.07) is 10.5. The van der Waals surface area contributed by atoms with Crippen molar-refractivity contribution in [2.24, 2.45) is 0 Å². The number of hydrogen-bond donors (Lipinski definition) is 1. The molecular formula is C21H23N5O. The van der Waals surface area contributed by atoms with Crippen LogP contribution in [0.2, 0.25) is 0 Å². The van der Waals surface area contributed by atoms with E-state index >= 15 is 0 Å². The molecule has 5 rings (SSSR count). The molecule has 1 aliphatic heterocycles. The summed E-state index contributed by atoms with van der Waals surface area (Å²) in [7, 11) is 1.91. The second-order valence-corrected chi connectivity index (χ2v) is 7.63. The van der Waals surface area contributed by atoms with Crippen molar-refractivity contribution in [2.45, 2.75) is 31.7 Å². The van der Waals surface area contributed by atoms with Gasteiger partial charge in [-0.05, 0) is 42.5 Å². The van der Waals surface area contributed by atoms with Crippen LogP contribution in [0, 0.1) is 0 Å². The number of rotatable bonds is 4. The van der Waals surface area contributed by atoms with Gasteiger partial charge in [-0.2, -0.15) is 5.10 Å². The second kappa shape index (κ2) is 6.37. The summed E-state index contributed by atoms with van der Waals surface area (Å²) < 4.78 is 0. The van der Waals surface area contributed by atoms with E-state index < -0.39 is 0 Å². The van der Waals surface area contributed by atoms with Gasteiger partial charge in [0.1, 0.15) is 0 Å². The third-order valence-electron chi connectivity index (χ3n) is 5.95. The van der Waals surface area contributed by atoms with Crippen molar-refractivity contribution in [3.8, 4) is 0 Å². The van der Waals surface area contributed by atoms with E-state index in [4.69, 9.17) is 0 Å². The molecule has 0 atom stereocenters. The molecule has 1 N–H and O–H groups in total. The number of carbonyl (C=O) groups is 1. The van der Waals surface area contributed by atoms with Crippen molar-refractivity contribution in [1.82, 2.24) is 20.1 Å². The Labute approximate surface area is 158 Å². The number of aromatic amines is 1. The molecule has 1 fully saturated rings. The van der Waals surface area contributed by atoms with E-state index in [1.807, 2.05) is 36.3 Å². The zero-order valence-electron chi connectivity index (χ0n) is 15.5. The zero-order chi connectivity index (χ0) is 18.4. The molecule has 2 aliphatic rings. The fourth-order valence-electron chi connectivity index (χ4n) is 4.13. The maximum absolute atomic E-state index is 12.8. The fraction of sp³-hybridized carbons (Fsp3) is 0.381. The highest BCUT2D eigenvalue weighted by Crippen LogP contribution is 2.27. The molecule has 1 aromatic carbocycles. The van der Waals surface area contributed by atoms with Crippen molar-refractivity contribution in [1.29, 1.82) is 0 Å². The smallest absolute Gasteiger partial charge is 0.227 e. The van der Waals surface area contributed by atoms with Gasteiger partial charge in [0.2, 0.25) is 5.91 Å². The number of benzene rings is 1. The predicted molar refractivity (Wildman–Crippen MR) is 105 cm³/mol. The first kappa shape index (κ1) is 16.3. The van der Waals surface area contributed by atoms with E-state index in [0.717, 1.165) is 53.9 Å². The quantitative estimate of drug-likeness (QED) is 0.775. The van der Waals surface area contributed by atoms with E-state index in [-0.39, 0.29) is 11.9 Å². The van der Waals surface area contributed by atoms with E-state index in [1.165, 1.54) is 12.0 Å². The molecule has 0 saturated carbocycles. The van der Waals surface area contributed by atoms with Crippen LogP contribution in [0.1, 0.15) is 23.2 Å². The first-order valence-corrected chi connectivity index (χ1v) is 9.60. The van der Waals surface area contributed by atoms with Crippen LogP contribution >= 0.6 is 0 Å². The van der Waals surface area contributed by atoms with E-state index in [1.54, 1.807) is 0 Å². The fourth-order valence-corrected chi connectivity index (χ4v) is 4.13. The van der Waals surface area contributed by atoms with Gasteiger partial charge in [-0.3, -0.25) is 4.79 Å². The molecule has 3 heterocycles. The Hall–Kier alpha value is -2.89. The van der Waals surface area contributed by atoms with Crippen LogP contribution < -0.4 is 4.90 Å². The molecule has 1 saturated heterocycles. The molecule has 0 spiro atoms. The van der Waals surface area contributed by atoms with Gasteiger partial charge in [0.15, 0.2) is 5.82 Å². The Morgan fingerprint density at radius 3 is 3.00 bits per heavy atom. The SMILES string of the molecule is CN(C(=O)Cc1c[nH]c2ccccc12)C1CN(c2cc3c(nn2)CCC3)C1. The number of nitrogens with one attached hydrogen (secondary N) is 1. The number of likely N-dealkylation sites (N-methyl/N-ethyl adjacent to an activating group) is 1. The number of aromatic nitrogens is 3. The first-order valence-electron chi connectivity index (χ1n) is 9.60. The van der Waals surface area contributed by atoms with Crippen LogP contribution in [-0.2, 0) is 24.1 Å². The molecule has 0 unspecified atom stereocenters. The Balaban J connectivity index is 1.22. The number of fused-ring (bicyclic) bond motifs is 2. The molecule has 6 heteroatoms. The molecule has 1 aliphatic carbocycles. The number of amides is 1. The van der Waals surface area contributed by atoms with Crippen molar-refractivity contribution in [3.63, 3.8) is 0 Å². The van der Waals surface area contributed by atoms with Crippen LogP contribution in [0.3, 0.4) is 0 Å². The van der Waals surface area contributed by atoms with E-state index in [0.29, 0.717) is 6.42 Å². The summed E-state index contributed by atoms with van der Waals surface area (Å²) in [5.74, 6) is 1.11. The molecule has 3 aromatic rings. The van der Waals surface area contributed by atoms with Gasteiger partial charge < -0.3 is 14.8 Å². The average molecular weight is 361 g/mol. The Morgan fingerprint density at radius 1 is 1.26 bits per heavy atom. The van der Waals surface area contributed by atoms with Crippen LogP contribution in [-0.4, -0.2) is 52.2 Å². The highest BCUT2D eigenvalue weighted by molar-refractivity contribution is 5.89. The first-order chi connectivity index (χ1) is 13.2. The Kier molecular flexibility index (Phi) is 3.85. The van der Waals surface area contributed by atoms with Gasteiger partial charge >= 0.3 is 0 Å². The van der Waals surface area contributed by atoms with Crippen LogP contribution in [0.4, 0.5) is 5.82 Å². The summed E-state index contributed by atoms with van der Waals surface area (Å²) >= 11 is 0. The Morgan fingerprint density at radius 2 is 2.11 bits per heavy atom. The van der Waals surface area contributed by atoms with Crippen LogP contribution in [0.5, 0.6) is 0 Å². The average Bonchev–Trinajstić information content (AvgIpc) is 3.27. The van der Waals surface area contributed by atoms with E-state index in [9.17, 15) is 4.79 Å². The third-order valence-corrected chi connectivity index (χ3v) is 5.95. The second-order valence-electron chi connectivity index (χ2n) is 7.63. The molecule has 138 valence electrons. The topological polar surface area (TPSA) is 65.1 Å². The standard InChI is InChI=1S/C21H23N5O/c1-25(21(27)10-15-11-22-19-7-3-2-6-17(15)19)16-12-26(13-16)20-9-14-5-4-8-18(14)23-24-20/h2-3,6-7,9,11,16,22H,4-5,8,10,12-13H2,1H3. The number of nitrogens with zero attached hydrogens (tertiary/aromatic N) is 4. The van der Waals surface area contributed by atoms with Gasteiger partial charge in [0.05, 0.1) is 18.2 Å². The summed E-state index contributed by atoms with van der Waals surface area (Å²) in [5.41, 5.74) is 4.63. The van der Waals surface area contributed by atoms with E-state index in [2.05, 4.69) is 32.2 Å². The number of aryl methyl sites for hydroxylation is 2. The van der Waals surface area contributed by atoms with Gasteiger partial charge in [-0.25, -0.2) is 0 Å². The molecule has 1 amide bonds. The number of hydrogen-bond acceptors (Lipinski definition) is 4. The molecular weight excluding hydrogens is 338 g/mol. The molecule has 2 aromatic heterocycles. The largest absolute Gasteiger partial charge is 0.361 e. The lowest BCUT2D eigenvalue weighted by molar-refractivity contribution is -0.131. The minimum Gasteiger partial charge on any atom is -0.361 e. The Bertz CT molecular complexity index is 1000. The lowest BCUT2D eigenvalue weighted by atomic mass is 10.1. The number of H-pyrrole nitrogens is 1. The van der Waals surface area contributed by atoms with Gasteiger partial charge in [0.25, 0.3) is 0 Å². The number of carbonyl (C=O) groups excluding carboxylic acids is 1. The summed E-state index contributed by atoms with van der Waals surface area (Å²) in [5, 5.41) is 9.87. The predicted octanol–water partition coefficient (Wildman–Crippen LogP) is 2.34. The highest BCUT2D eigenvalue weighted by atomic mass is 16.2. The summed E-state index contributed by atoms with van der Waals surface area (Å²) in [6.07, 6.45) is 5.72. The number of para-hydroxylation sites is 1. The monoisotopic (exact) mass is 361 g/mol. The number of anilines is 1. The maximum Gasteiger partial charge on any atom is 0.227 e. The van der Waals surface area contributed by atoms with Crippen molar-refractivity contribution < 1.29 is 4.79 Å². The summed E-state index contributed by atoms with van der Waals surface area (Å²) in [4.78, 5) is 20.1. The molecule has 6 nitrogen and oxygen atoms in total. The van der Waals surface area contributed by atoms with Crippen molar-refractivity contribution >= 4 is 22.6 Å². The van der Waals surface area contributed by atoms with Crippen molar-refractivity contribution in [2.75, 3.05) is 25.0 Å². The maximum atomic E-state index is 12.8. The molecule has 27 heavy (non-hydrogen) atoms. The summed E-state index contributed by atoms with van der Waals surface area (Å²) in [6.45, 7) is 1.65. The van der Waals surface area contributed by atoms with Crippen LogP contribution in [0.25, 0.3) is 10.9 Å². The molecule has 0 bridgehead atoms. The van der Waals surface area contributed by atoms with Gasteiger partial charge in [-0.15, -0.1) is 5.10 Å². The lowest BCUT2D eigenvalue weighted by Gasteiger charge is -2.44. The zero-order valence-corrected chi connectivity index (χ0v) is 15.5. The van der Waals surface area contributed by atoms with Gasteiger partial charge in [-0.1, -0.05) is 18.2 Å². The minimum absolute atomic E-state index is 0.157. The normalized spacial score (nSPS) is 16.4. The third kappa shape index (κ3) is 2.85. The van der Waals surface area contributed by atoms with Gasteiger partial charge in [0, 0.05) is 37.2 Å². The molecule has 0 radical (unpaired) electrons. The highest BCUT2D eigenvalue weighted by Gasteiger charge is 2.34. The lowest BCUT2D eigenvalue weighted by Crippen LogP contribution is -2.60. The minimum atomic E-state index is 0.157. The van der Waals surface area contributed by atoms with Crippen LogP contribution in [0.15, 0.2) is 36.5 Å². The van der Waals surface area contributed by atoms with Crippen molar-refractivity contribution in [3.05, 3.63) is 53.3 Å².